The van der Waals surface area contributed by atoms with Gasteiger partial charge in [-0.15, -0.1) is 12.4 Å². The van der Waals surface area contributed by atoms with E-state index in [1.807, 2.05) is 14.0 Å². The molecule has 3 heteroatoms. The number of hydrogen-bond donors (Lipinski definition) is 2. The van der Waals surface area contributed by atoms with Gasteiger partial charge >= 0.3 is 0 Å². The van der Waals surface area contributed by atoms with Crippen LogP contribution >= 0.6 is 12.4 Å². The van der Waals surface area contributed by atoms with Gasteiger partial charge in [0.15, 0.2) is 0 Å². The van der Waals surface area contributed by atoms with Gasteiger partial charge in [0.25, 0.3) is 0 Å². The van der Waals surface area contributed by atoms with Crippen molar-refractivity contribution in [2.24, 2.45) is 0 Å². The topological polar surface area (TPSA) is 32.3 Å². The van der Waals surface area contributed by atoms with Gasteiger partial charge in [0.1, 0.15) is 0 Å². The molecule has 0 aliphatic heterocycles. The Morgan fingerprint density at radius 2 is 2.00 bits per heavy atom. The Morgan fingerprint density at radius 1 is 1.56 bits per heavy atom. The van der Waals surface area contributed by atoms with E-state index in [2.05, 4.69) is 5.32 Å². The predicted octanol–water partition coefficient (Wildman–Crippen LogP) is 0.541. The molecule has 0 aromatic rings. The summed E-state index contributed by atoms with van der Waals surface area (Å²) >= 11 is 0. The summed E-state index contributed by atoms with van der Waals surface area (Å²) in [7, 11) is 1.93. The van der Waals surface area contributed by atoms with Crippen LogP contribution in [0.4, 0.5) is 0 Å². The van der Waals surface area contributed by atoms with Crippen LogP contribution < -0.4 is 5.32 Å². The minimum atomic E-state index is -0.367. The molecule has 1 fully saturated rings. The maximum atomic E-state index is 9.17. The van der Waals surface area contributed by atoms with E-state index in [9.17, 15) is 5.11 Å². The highest BCUT2D eigenvalue weighted by molar-refractivity contribution is 5.85. The van der Waals surface area contributed by atoms with Crippen LogP contribution in [-0.2, 0) is 0 Å². The molecule has 9 heavy (non-hydrogen) atoms. The molecule has 0 unspecified atom stereocenters. The van der Waals surface area contributed by atoms with E-state index < -0.39 is 0 Å². The monoisotopic (exact) mass is 151 g/mol. The van der Waals surface area contributed by atoms with E-state index in [1.54, 1.807) is 0 Å². The standard InChI is InChI=1S/C6H13NO.ClH/c1-6(8)3-5(4-6)7-2;/h5,7-8H,3-4H2,1-2H3;1H. The van der Waals surface area contributed by atoms with Gasteiger partial charge in [-0.05, 0) is 26.8 Å². The highest BCUT2D eigenvalue weighted by atomic mass is 35.5. The van der Waals surface area contributed by atoms with E-state index in [0.717, 1.165) is 12.8 Å². The van der Waals surface area contributed by atoms with Gasteiger partial charge in [-0.2, -0.15) is 0 Å². The zero-order valence-corrected chi connectivity index (χ0v) is 6.66. The summed E-state index contributed by atoms with van der Waals surface area (Å²) < 4.78 is 0. The summed E-state index contributed by atoms with van der Waals surface area (Å²) in [6.07, 6.45) is 1.81. The van der Waals surface area contributed by atoms with Crippen molar-refractivity contribution in [2.45, 2.75) is 31.4 Å². The molecule has 0 atom stereocenters. The molecular weight excluding hydrogens is 138 g/mol. The molecule has 0 heterocycles. The highest BCUT2D eigenvalue weighted by Crippen LogP contribution is 2.30. The molecule has 0 spiro atoms. The summed E-state index contributed by atoms with van der Waals surface area (Å²) in [6, 6.07) is 0.560. The molecule has 1 aliphatic carbocycles. The SMILES string of the molecule is CNC1CC(C)(O)C1.Cl. The first-order valence-corrected chi connectivity index (χ1v) is 3.04. The second kappa shape index (κ2) is 2.86. The molecule has 2 N–H and O–H groups in total. The maximum absolute atomic E-state index is 9.17. The van der Waals surface area contributed by atoms with E-state index in [0.29, 0.717) is 6.04 Å². The van der Waals surface area contributed by atoms with Gasteiger partial charge in [-0.1, -0.05) is 0 Å². The third kappa shape index (κ3) is 2.12. The molecule has 0 aromatic carbocycles. The molecule has 56 valence electrons. The first kappa shape index (κ1) is 9.21. The molecule has 1 saturated carbocycles. The Labute approximate surface area is 62.1 Å². The normalized spacial score (nSPS) is 41.0. The molecule has 0 bridgehead atoms. The molecule has 0 radical (unpaired) electrons. The largest absolute Gasteiger partial charge is 0.390 e. The van der Waals surface area contributed by atoms with Crippen molar-refractivity contribution < 1.29 is 5.11 Å². The predicted molar refractivity (Wildman–Crippen MR) is 40.0 cm³/mol. The number of aliphatic hydroxyl groups is 1. The Balaban J connectivity index is 0.000000640. The maximum Gasteiger partial charge on any atom is 0.0649 e. The lowest BCUT2D eigenvalue weighted by atomic mass is 9.77. The van der Waals surface area contributed by atoms with Crippen molar-refractivity contribution >= 4 is 12.4 Å². The van der Waals surface area contributed by atoms with Crippen LogP contribution in [0.15, 0.2) is 0 Å². The van der Waals surface area contributed by atoms with Crippen LogP contribution in [0, 0.1) is 0 Å². The van der Waals surface area contributed by atoms with E-state index in [1.165, 1.54) is 0 Å². The second-order valence-electron chi connectivity index (χ2n) is 2.89. The van der Waals surface area contributed by atoms with Crippen LogP contribution in [-0.4, -0.2) is 23.8 Å². The van der Waals surface area contributed by atoms with Crippen molar-refractivity contribution in [3.63, 3.8) is 0 Å². The van der Waals surface area contributed by atoms with Crippen LogP contribution in [0.2, 0.25) is 0 Å². The fourth-order valence-electron chi connectivity index (χ4n) is 1.21. The Morgan fingerprint density at radius 3 is 2.11 bits per heavy atom. The molecule has 2 nitrogen and oxygen atoms in total. The van der Waals surface area contributed by atoms with Crippen LogP contribution in [0.3, 0.4) is 0 Å². The van der Waals surface area contributed by atoms with Gasteiger partial charge in [0, 0.05) is 6.04 Å². The molecule has 1 aliphatic rings. The van der Waals surface area contributed by atoms with Crippen LogP contribution in [0.25, 0.3) is 0 Å². The first-order chi connectivity index (χ1) is 3.64. The average molecular weight is 152 g/mol. The fraction of sp³-hybridized carbons (Fsp3) is 1.00. The third-order valence-corrected chi connectivity index (χ3v) is 1.78. The zero-order valence-electron chi connectivity index (χ0n) is 5.85. The smallest absolute Gasteiger partial charge is 0.0649 e. The fourth-order valence-corrected chi connectivity index (χ4v) is 1.21. The molecule has 1 rings (SSSR count). The Hall–Kier alpha value is 0.210. The minimum absolute atomic E-state index is 0. The summed E-state index contributed by atoms with van der Waals surface area (Å²) in [5.41, 5.74) is -0.367. The third-order valence-electron chi connectivity index (χ3n) is 1.78. The van der Waals surface area contributed by atoms with Crippen molar-refractivity contribution in [1.29, 1.82) is 0 Å². The van der Waals surface area contributed by atoms with Gasteiger partial charge in [-0.25, -0.2) is 0 Å². The lowest BCUT2D eigenvalue weighted by Gasteiger charge is -2.40. The highest BCUT2D eigenvalue weighted by Gasteiger charge is 2.36. The van der Waals surface area contributed by atoms with Gasteiger partial charge in [-0.3, -0.25) is 0 Å². The lowest BCUT2D eigenvalue weighted by Crippen LogP contribution is -2.50. The van der Waals surface area contributed by atoms with Gasteiger partial charge in [0.05, 0.1) is 5.60 Å². The molecule has 0 amide bonds. The number of nitrogens with one attached hydrogen (secondary N) is 1. The summed E-state index contributed by atoms with van der Waals surface area (Å²) in [4.78, 5) is 0. The zero-order chi connectivity index (χ0) is 6.20. The van der Waals surface area contributed by atoms with E-state index >= 15 is 0 Å². The van der Waals surface area contributed by atoms with E-state index in [4.69, 9.17) is 0 Å². The molecule has 0 aromatic heterocycles. The van der Waals surface area contributed by atoms with E-state index in [-0.39, 0.29) is 18.0 Å². The summed E-state index contributed by atoms with van der Waals surface area (Å²) in [5.74, 6) is 0. The minimum Gasteiger partial charge on any atom is -0.390 e. The number of halogens is 1. The number of hydrogen-bond acceptors (Lipinski definition) is 2. The molecular formula is C6H14ClNO. The van der Waals surface area contributed by atoms with Crippen molar-refractivity contribution in [1.82, 2.24) is 5.32 Å². The van der Waals surface area contributed by atoms with Gasteiger partial charge < -0.3 is 10.4 Å². The Bertz CT molecular complexity index is 87.1. The van der Waals surface area contributed by atoms with Gasteiger partial charge in [0.2, 0.25) is 0 Å². The quantitative estimate of drug-likeness (QED) is 0.574. The average Bonchev–Trinajstić information content (AvgIpc) is 1.60. The summed E-state index contributed by atoms with van der Waals surface area (Å²) in [6.45, 7) is 1.88. The van der Waals surface area contributed by atoms with Crippen molar-refractivity contribution in [3.8, 4) is 0 Å². The summed E-state index contributed by atoms with van der Waals surface area (Å²) in [5, 5.41) is 12.3. The first-order valence-electron chi connectivity index (χ1n) is 3.04. The molecule has 0 saturated heterocycles. The Kier molecular flexibility index (Phi) is 2.93. The lowest BCUT2D eigenvalue weighted by molar-refractivity contribution is -0.0369. The van der Waals surface area contributed by atoms with Crippen LogP contribution in [0.5, 0.6) is 0 Å². The van der Waals surface area contributed by atoms with Crippen molar-refractivity contribution in [2.75, 3.05) is 7.05 Å². The van der Waals surface area contributed by atoms with Crippen molar-refractivity contribution in [3.05, 3.63) is 0 Å². The number of rotatable bonds is 1. The van der Waals surface area contributed by atoms with Crippen LogP contribution in [0.1, 0.15) is 19.8 Å². The second-order valence-corrected chi connectivity index (χ2v) is 2.89.